The van der Waals surface area contributed by atoms with Crippen LogP contribution in [0.5, 0.6) is 0 Å². The zero-order valence-corrected chi connectivity index (χ0v) is 12.0. The molecule has 5 heteroatoms. The molecule has 1 aliphatic heterocycles. The molecule has 1 aliphatic carbocycles. The van der Waals surface area contributed by atoms with Crippen molar-refractivity contribution < 1.29 is 19.4 Å². The molecular weight excluding hydrogens is 270 g/mol. The molecule has 3 rings (SSSR count). The van der Waals surface area contributed by atoms with Crippen molar-refractivity contribution in [2.75, 3.05) is 13.2 Å². The average Bonchev–Trinajstić information content (AvgIpc) is 3.23. The highest BCUT2D eigenvalue weighted by atomic mass is 16.5. The maximum absolute atomic E-state index is 12.2. The summed E-state index contributed by atoms with van der Waals surface area (Å²) in [5.74, 6) is -0.360. The zero-order chi connectivity index (χ0) is 15.0. The van der Waals surface area contributed by atoms with Gasteiger partial charge in [-0.2, -0.15) is 0 Å². The monoisotopic (exact) mass is 289 g/mol. The molecule has 1 N–H and O–H groups in total. The van der Waals surface area contributed by atoms with E-state index in [1.54, 1.807) is 6.07 Å². The third-order valence-corrected chi connectivity index (χ3v) is 3.98. The van der Waals surface area contributed by atoms with Crippen LogP contribution >= 0.6 is 0 Å². The molecule has 1 fully saturated rings. The van der Waals surface area contributed by atoms with Gasteiger partial charge in [0.05, 0.1) is 13.2 Å². The van der Waals surface area contributed by atoms with Crippen molar-refractivity contribution in [3.8, 4) is 0 Å². The van der Waals surface area contributed by atoms with E-state index in [9.17, 15) is 14.7 Å². The fourth-order valence-corrected chi connectivity index (χ4v) is 2.51. The summed E-state index contributed by atoms with van der Waals surface area (Å²) in [6.07, 6.45) is 2.16. The molecule has 0 bridgehead atoms. The van der Waals surface area contributed by atoms with Gasteiger partial charge in [-0.05, 0) is 37.3 Å². The van der Waals surface area contributed by atoms with E-state index in [-0.39, 0.29) is 12.5 Å². The number of hydrogen-bond donors (Lipinski definition) is 1. The summed E-state index contributed by atoms with van der Waals surface area (Å²) in [7, 11) is 0. The molecule has 0 saturated heterocycles. The van der Waals surface area contributed by atoms with E-state index < -0.39 is 11.6 Å². The summed E-state index contributed by atoms with van der Waals surface area (Å²) in [4.78, 5) is 25.7. The smallest absolute Gasteiger partial charge is 0.339 e. The lowest BCUT2D eigenvalue weighted by molar-refractivity contribution is -0.165. The van der Waals surface area contributed by atoms with Crippen LogP contribution in [0.15, 0.2) is 24.3 Å². The van der Waals surface area contributed by atoms with Crippen molar-refractivity contribution in [2.24, 2.45) is 5.92 Å². The van der Waals surface area contributed by atoms with Gasteiger partial charge < -0.3 is 14.7 Å². The molecule has 1 unspecified atom stereocenters. The number of fused-ring (bicyclic) bond motifs is 1. The maximum Gasteiger partial charge on any atom is 0.339 e. The van der Waals surface area contributed by atoms with Crippen LogP contribution in [0.4, 0.5) is 0 Å². The largest absolute Gasteiger partial charge is 0.463 e. The Labute approximate surface area is 123 Å². The number of β-amino-alcohol motifs (C(OH)–C–C–N with tert-alkyl or cyclic N) is 1. The number of esters is 1. The van der Waals surface area contributed by atoms with Gasteiger partial charge >= 0.3 is 5.97 Å². The molecule has 5 nitrogen and oxygen atoms in total. The number of rotatable bonds is 5. The minimum Gasteiger partial charge on any atom is -0.463 e. The van der Waals surface area contributed by atoms with Crippen molar-refractivity contribution in [3.05, 3.63) is 35.4 Å². The molecule has 2 aliphatic rings. The van der Waals surface area contributed by atoms with Crippen LogP contribution in [0.3, 0.4) is 0 Å². The van der Waals surface area contributed by atoms with Gasteiger partial charge in [-0.1, -0.05) is 18.2 Å². The van der Waals surface area contributed by atoms with Gasteiger partial charge in [0.15, 0.2) is 5.60 Å². The predicted molar refractivity (Wildman–Crippen MR) is 75.5 cm³/mol. The Balaban J connectivity index is 1.63. The number of ether oxygens (including phenoxy) is 1. The molecule has 0 radical (unpaired) electrons. The molecule has 21 heavy (non-hydrogen) atoms. The quantitative estimate of drug-likeness (QED) is 0.831. The van der Waals surface area contributed by atoms with Crippen LogP contribution in [0, 0.1) is 5.92 Å². The van der Waals surface area contributed by atoms with E-state index in [1.165, 1.54) is 11.8 Å². The normalized spacial score (nSPS) is 20.1. The number of nitrogens with zero attached hydrogens (tertiary/aromatic N) is 1. The van der Waals surface area contributed by atoms with Gasteiger partial charge in [0.1, 0.15) is 0 Å². The Hall–Kier alpha value is -1.88. The maximum atomic E-state index is 12.2. The van der Waals surface area contributed by atoms with E-state index >= 15 is 0 Å². The first-order valence-corrected chi connectivity index (χ1v) is 7.24. The average molecular weight is 289 g/mol. The van der Waals surface area contributed by atoms with Gasteiger partial charge in [0.25, 0.3) is 5.91 Å². The Morgan fingerprint density at radius 2 is 2.14 bits per heavy atom. The van der Waals surface area contributed by atoms with Crippen LogP contribution in [0.2, 0.25) is 0 Å². The van der Waals surface area contributed by atoms with Crippen LogP contribution < -0.4 is 0 Å². The van der Waals surface area contributed by atoms with Crippen LogP contribution in [0.1, 0.15) is 35.7 Å². The fourth-order valence-electron chi connectivity index (χ4n) is 2.51. The Morgan fingerprint density at radius 3 is 2.81 bits per heavy atom. The highest BCUT2D eigenvalue weighted by molar-refractivity contribution is 5.98. The molecule has 112 valence electrons. The van der Waals surface area contributed by atoms with Crippen molar-refractivity contribution in [2.45, 2.75) is 31.9 Å². The number of carbonyl (C=O) groups is 2. The highest BCUT2D eigenvalue weighted by Gasteiger charge is 2.39. The number of aliphatic hydroxyl groups is 1. The molecule has 0 aromatic heterocycles. The second-order valence-corrected chi connectivity index (χ2v) is 6.13. The zero-order valence-electron chi connectivity index (χ0n) is 12.0. The molecule has 1 amide bonds. The van der Waals surface area contributed by atoms with Gasteiger partial charge in [-0.15, -0.1) is 0 Å². The van der Waals surface area contributed by atoms with E-state index in [4.69, 9.17) is 4.74 Å². The van der Waals surface area contributed by atoms with Crippen LogP contribution in [-0.2, 0) is 16.1 Å². The predicted octanol–water partition coefficient (Wildman–Crippen LogP) is 1.35. The summed E-state index contributed by atoms with van der Waals surface area (Å²) in [6, 6.07) is 7.32. The second-order valence-electron chi connectivity index (χ2n) is 6.13. The summed E-state index contributed by atoms with van der Waals surface area (Å²) < 4.78 is 5.13. The Kier molecular flexibility index (Phi) is 3.45. The number of benzene rings is 1. The first-order valence-electron chi connectivity index (χ1n) is 7.24. The molecule has 0 spiro atoms. The first kappa shape index (κ1) is 14.1. The minimum atomic E-state index is -1.67. The third kappa shape index (κ3) is 2.93. The first-order chi connectivity index (χ1) is 9.97. The van der Waals surface area contributed by atoms with Crippen LogP contribution in [-0.4, -0.2) is 40.6 Å². The van der Waals surface area contributed by atoms with Crippen molar-refractivity contribution in [1.29, 1.82) is 0 Å². The van der Waals surface area contributed by atoms with Crippen molar-refractivity contribution >= 4 is 11.9 Å². The third-order valence-electron chi connectivity index (χ3n) is 3.98. The van der Waals surface area contributed by atoms with E-state index in [0.717, 1.165) is 18.4 Å². The van der Waals surface area contributed by atoms with Gasteiger partial charge in [0.2, 0.25) is 0 Å². The molecular formula is C16H19NO4. The van der Waals surface area contributed by atoms with Crippen molar-refractivity contribution in [1.82, 2.24) is 4.90 Å². The summed E-state index contributed by atoms with van der Waals surface area (Å²) in [5, 5.41) is 10.3. The minimum absolute atomic E-state index is 0.0516. The van der Waals surface area contributed by atoms with Crippen LogP contribution in [0.25, 0.3) is 0 Å². The lowest BCUT2D eigenvalue weighted by atomic mass is 10.1. The Bertz CT molecular complexity index is 577. The second kappa shape index (κ2) is 5.15. The number of amides is 1. The number of hydrogen-bond acceptors (Lipinski definition) is 4. The highest BCUT2D eigenvalue weighted by Crippen LogP contribution is 2.29. The van der Waals surface area contributed by atoms with E-state index in [2.05, 4.69) is 0 Å². The van der Waals surface area contributed by atoms with Gasteiger partial charge in [-0.25, -0.2) is 4.79 Å². The summed E-state index contributed by atoms with van der Waals surface area (Å²) in [6.45, 7) is 2.13. The molecule has 1 saturated carbocycles. The number of carbonyl (C=O) groups excluding carboxylic acids is 2. The lowest BCUT2D eigenvalue weighted by Gasteiger charge is -2.27. The SMILES string of the molecule is CC(O)(CN1Cc2ccccc2C1=O)C(=O)OCC1CC1. The van der Waals surface area contributed by atoms with Gasteiger partial charge in [0, 0.05) is 12.1 Å². The standard InChI is InChI=1S/C16H19NO4/c1-16(20,15(19)21-9-11-6-7-11)10-17-8-12-4-2-3-5-13(12)14(17)18/h2-5,11,20H,6-10H2,1H3. The lowest BCUT2D eigenvalue weighted by Crippen LogP contribution is -2.48. The summed E-state index contributed by atoms with van der Waals surface area (Å²) in [5.41, 5.74) is -0.114. The molecule has 1 aromatic rings. The summed E-state index contributed by atoms with van der Waals surface area (Å²) >= 11 is 0. The molecule has 1 heterocycles. The van der Waals surface area contributed by atoms with E-state index in [1.807, 2.05) is 18.2 Å². The van der Waals surface area contributed by atoms with Crippen molar-refractivity contribution in [3.63, 3.8) is 0 Å². The van der Waals surface area contributed by atoms with Gasteiger partial charge in [-0.3, -0.25) is 4.79 Å². The fraction of sp³-hybridized carbons (Fsp3) is 0.500. The molecule has 1 aromatic carbocycles. The molecule has 1 atom stereocenters. The van der Waals surface area contributed by atoms with E-state index in [0.29, 0.717) is 24.6 Å². The topological polar surface area (TPSA) is 66.8 Å². The Morgan fingerprint density at radius 1 is 1.43 bits per heavy atom.